The third-order valence-corrected chi connectivity index (χ3v) is 4.10. The van der Waals surface area contributed by atoms with E-state index >= 15 is 0 Å². The molecule has 0 aliphatic carbocycles. The van der Waals surface area contributed by atoms with Crippen LogP contribution in [0.5, 0.6) is 0 Å². The van der Waals surface area contributed by atoms with Crippen LogP contribution in [0.4, 0.5) is 5.69 Å². The van der Waals surface area contributed by atoms with Gasteiger partial charge in [-0.15, -0.1) is 24.8 Å². The zero-order valence-corrected chi connectivity index (χ0v) is 16.4. The van der Waals surface area contributed by atoms with Crippen molar-refractivity contribution in [3.8, 4) is 0 Å². The Labute approximate surface area is 164 Å². The van der Waals surface area contributed by atoms with Gasteiger partial charge in [0.05, 0.1) is 26.9 Å². The van der Waals surface area contributed by atoms with Crippen LogP contribution < -0.4 is 5.73 Å². The van der Waals surface area contributed by atoms with Gasteiger partial charge in [-0.3, -0.25) is 10.1 Å². The molecule has 0 bridgehead atoms. The Kier molecular flexibility index (Phi) is 6.90. The SMILES string of the molecule is CN(C)CC(C)(N)c1c2ccccc2nc2cccc([N+](=O)[O-])c12.Cl.Cl. The molecule has 1 atom stereocenters. The molecule has 1 unspecified atom stereocenters. The Morgan fingerprint density at radius 2 is 1.73 bits per heavy atom. The van der Waals surface area contributed by atoms with Gasteiger partial charge in [0.1, 0.15) is 0 Å². The van der Waals surface area contributed by atoms with E-state index in [0.29, 0.717) is 17.4 Å². The molecule has 6 nitrogen and oxygen atoms in total. The molecule has 0 saturated carbocycles. The topological polar surface area (TPSA) is 85.3 Å². The molecule has 0 spiro atoms. The molecule has 0 saturated heterocycles. The summed E-state index contributed by atoms with van der Waals surface area (Å²) < 4.78 is 0. The van der Waals surface area contributed by atoms with Crippen molar-refractivity contribution >= 4 is 52.3 Å². The van der Waals surface area contributed by atoms with E-state index in [0.717, 1.165) is 16.5 Å². The largest absolute Gasteiger partial charge is 0.321 e. The summed E-state index contributed by atoms with van der Waals surface area (Å²) in [6.07, 6.45) is 0. The van der Waals surface area contributed by atoms with Gasteiger partial charge in [0.15, 0.2) is 0 Å². The molecule has 8 heteroatoms. The number of nitro groups is 1. The number of nitro benzene ring substituents is 1. The zero-order valence-electron chi connectivity index (χ0n) is 14.8. The molecule has 0 aliphatic rings. The monoisotopic (exact) mass is 396 g/mol. The number of hydrogen-bond donors (Lipinski definition) is 1. The van der Waals surface area contributed by atoms with E-state index in [1.807, 2.05) is 50.2 Å². The highest BCUT2D eigenvalue weighted by Gasteiger charge is 2.30. The molecule has 1 aromatic heterocycles. The number of nitrogens with two attached hydrogens (primary N) is 1. The molecule has 0 amide bonds. The molecule has 2 aromatic carbocycles. The first kappa shape index (κ1) is 22.1. The Hall–Kier alpha value is -1.99. The molecule has 140 valence electrons. The Bertz CT molecular complexity index is 945. The number of hydrogen-bond acceptors (Lipinski definition) is 5. The van der Waals surface area contributed by atoms with Crippen LogP contribution in [0.2, 0.25) is 0 Å². The van der Waals surface area contributed by atoms with Crippen LogP contribution in [0.15, 0.2) is 42.5 Å². The lowest BCUT2D eigenvalue weighted by atomic mass is 9.86. The Balaban J connectivity index is 0.00000169. The minimum atomic E-state index is -0.767. The Morgan fingerprint density at radius 1 is 1.12 bits per heavy atom. The standard InChI is InChI=1S/C18H20N4O2.2ClH/c1-18(19,11-21(2)3)17-12-7-4-5-8-13(12)20-14-9-6-10-15(16(14)17)22(23)24;;/h4-10H,11,19H2,1-3H3;2*1H. The second kappa shape index (κ2) is 8.14. The number of benzene rings is 2. The highest BCUT2D eigenvalue weighted by atomic mass is 35.5. The fourth-order valence-electron chi connectivity index (χ4n) is 3.41. The first-order valence-electron chi connectivity index (χ1n) is 7.71. The van der Waals surface area contributed by atoms with Crippen molar-refractivity contribution in [1.82, 2.24) is 9.88 Å². The summed E-state index contributed by atoms with van der Waals surface area (Å²) >= 11 is 0. The third-order valence-electron chi connectivity index (χ3n) is 4.10. The van der Waals surface area contributed by atoms with Gasteiger partial charge in [0.2, 0.25) is 0 Å². The van der Waals surface area contributed by atoms with Gasteiger partial charge in [-0.2, -0.15) is 0 Å². The summed E-state index contributed by atoms with van der Waals surface area (Å²) in [5.41, 5.74) is 8.07. The van der Waals surface area contributed by atoms with E-state index in [4.69, 9.17) is 5.73 Å². The van der Waals surface area contributed by atoms with Crippen LogP contribution in [0.1, 0.15) is 12.5 Å². The molecule has 2 N–H and O–H groups in total. The van der Waals surface area contributed by atoms with Crippen LogP contribution in [-0.2, 0) is 5.54 Å². The fourth-order valence-corrected chi connectivity index (χ4v) is 3.41. The zero-order chi connectivity index (χ0) is 17.5. The van der Waals surface area contributed by atoms with E-state index < -0.39 is 5.54 Å². The van der Waals surface area contributed by atoms with Crippen LogP contribution >= 0.6 is 24.8 Å². The lowest BCUT2D eigenvalue weighted by Crippen LogP contribution is -2.43. The summed E-state index contributed by atoms with van der Waals surface area (Å²) in [5, 5.41) is 13.0. The highest BCUT2D eigenvalue weighted by Crippen LogP contribution is 2.37. The molecule has 3 aromatic rings. The van der Waals surface area contributed by atoms with E-state index in [1.165, 1.54) is 6.07 Å². The number of likely N-dealkylation sites (N-methyl/N-ethyl adjacent to an activating group) is 1. The minimum absolute atomic E-state index is 0. The molecule has 0 fully saturated rings. The fraction of sp³-hybridized carbons (Fsp3) is 0.278. The molecular weight excluding hydrogens is 375 g/mol. The lowest BCUT2D eigenvalue weighted by molar-refractivity contribution is -0.383. The van der Waals surface area contributed by atoms with Gasteiger partial charge >= 0.3 is 0 Å². The van der Waals surface area contributed by atoms with Gasteiger partial charge in [-0.25, -0.2) is 4.98 Å². The Morgan fingerprint density at radius 3 is 2.35 bits per heavy atom. The lowest BCUT2D eigenvalue weighted by Gasteiger charge is -2.30. The predicted octanol–water partition coefficient (Wildman–Crippen LogP) is 3.88. The van der Waals surface area contributed by atoms with Crippen molar-refractivity contribution in [2.24, 2.45) is 5.73 Å². The van der Waals surface area contributed by atoms with Crippen LogP contribution in [0, 0.1) is 10.1 Å². The molecule has 3 rings (SSSR count). The molecular formula is C18H22Cl2N4O2. The first-order chi connectivity index (χ1) is 11.3. The maximum Gasteiger partial charge on any atom is 0.279 e. The van der Waals surface area contributed by atoms with Crippen molar-refractivity contribution in [1.29, 1.82) is 0 Å². The van der Waals surface area contributed by atoms with Crippen molar-refractivity contribution in [2.45, 2.75) is 12.5 Å². The van der Waals surface area contributed by atoms with E-state index in [-0.39, 0.29) is 35.4 Å². The van der Waals surface area contributed by atoms with Crippen molar-refractivity contribution in [3.05, 3.63) is 58.1 Å². The average molecular weight is 397 g/mol. The number of pyridine rings is 1. The maximum atomic E-state index is 11.6. The number of aromatic nitrogens is 1. The molecule has 26 heavy (non-hydrogen) atoms. The molecule has 0 radical (unpaired) electrons. The van der Waals surface area contributed by atoms with Crippen molar-refractivity contribution in [2.75, 3.05) is 20.6 Å². The van der Waals surface area contributed by atoms with E-state index in [1.54, 1.807) is 12.1 Å². The predicted molar refractivity (Wildman–Crippen MR) is 110 cm³/mol. The van der Waals surface area contributed by atoms with Crippen LogP contribution in [0.25, 0.3) is 21.8 Å². The van der Waals surface area contributed by atoms with Gasteiger partial charge < -0.3 is 10.6 Å². The van der Waals surface area contributed by atoms with Crippen LogP contribution in [-0.4, -0.2) is 35.4 Å². The summed E-state index contributed by atoms with van der Waals surface area (Å²) in [6.45, 7) is 2.47. The summed E-state index contributed by atoms with van der Waals surface area (Å²) in [4.78, 5) is 17.8. The average Bonchev–Trinajstić information content (AvgIpc) is 2.50. The first-order valence-corrected chi connectivity index (χ1v) is 7.71. The van der Waals surface area contributed by atoms with E-state index in [9.17, 15) is 10.1 Å². The number of rotatable bonds is 4. The van der Waals surface area contributed by atoms with Crippen molar-refractivity contribution < 1.29 is 4.92 Å². The number of nitrogens with zero attached hydrogens (tertiary/aromatic N) is 3. The summed E-state index contributed by atoms with van der Waals surface area (Å²) in [7, 11) is 3.87. The summed E-state index contributed by atoms with van der Waals surface area (Å²) in [6, 6.07) is 12.6. The quantitative estimate of drug-likeness (QED) is 0.410. The molecule has 0 aliphatic heterocycles. The number of fused-ring (bicyclic) bond motifs is 2. The van der Waals surface area contributed by atoms with Gasteiger partial charge in [-0.1, -0.05) is 24.3 Å². The second-order valence-electron chi connectivity index (χ2n) is 6.59. The number of para-hydroxylation sites is 1. The van der Waals surface area contributed by atoms with Crippen molar-refractivity contribution in [3.63, 3.8) is 0 Å². The maximum absolute atomic E-state index is 11.6. The van der Waals surface area contributed by atoms with Gasteiger partial charge in [-0.05, 0) is 38.7 Å². The molecule has 1 heterocycles. The normalized spacial score (nSPS) is 13.1. The summed E-state index contributed by atoms with van der Waals surface area (Å²) in [5.74, 6) is 0. The van der Waals surface area contributed by atoms with Crippen LogP contribution in [0.3, 0.4) is 0 Å². The second-order valence-corrected chi connectivity index (χ2v) is 6.59. The number of halogens is 2. The van der Waals surface area contributed by atoms with Gasteiger partial charge in [0.25, 0.3) is 5.69 Å². The smallest absolute Gasteiger partial charge is 0.279 e. The van der Waals surface area contributed by atoms with Gasteiger partial charge in [0, 0.05) is 18.0 Å². The van der Waals surface area contributed by atoms with E-state index in [2.05, 4.69) is 4.98 Å². The number of non-ortho nitro benzene ring substituents is 1. The highest BCUT2D eigenvalue weighted by molar-refractivity contribution is 6.02. The minimum Gasteiger partial charge on any atom is -0.321 e. The third kappa shape index (κ3) is 3.88.